The largest absolute Gasteiger partial charge is 0.299 e. The Morgan fingerprint density at radius 3 is 2.62 bits per heavy atom. The Morgan fingerprint density at radius 1 is 1.19 bits per heavy atom. The van der Waals surface area contributed by atoms with Crippen molar-refractivity contribution in [3.8, 4) is 5.69 Å². The summed E-state index contributed by atoms with van der Waals surface area (Å²) in [6, 6.07) is 15.5. The van der Waals surface area contributed by atoms with Crippen molar-refractivity contribution < 1.29 is 4.92 Å². The van der Waals surface area contributed by atoms with Gasteiger partial charge in [-0.3, -0.25) is 14.7 Å². The number of aromatic nitrogens is 2. The molecule has 104 valence electrons. The van der Waals surface area contributed by atoms with E-state index in [9.17, 15) is 10.1 Å². The molecule has 0 N–H and O–H groups in total. The Morgan fingerprint density at radius 2 is 1.90 bits per heavy atom. The van der Waals surface area contributed by atoms with Gasteiger partial charge in [0.25, 0.3) is 0 Å². The Balaban J connectivity index is 1.98. The second-order valence-corrected chi connectivity index (χ2v) is 4.74. The molecular weight excluding hydrogens is 266 g/mol. The standard InChI is InChI=1S/C16H13N3O2/c1-12(19(20)21)10-13-6-8-14(9-7-13)18-11-17-15-4-2-3-5-16(15)18/h2-11H,1H3/b12-10+. The normalized spacial score (nSPS) is 11.8. The van der Waals surface area contributed by atoms with Crippen LogP contribution in [0, 0.1) is 10.1 Å². The molecule has 0 fully saturated rings. The van der Waals surface area contributed by atoms with Gasteiger partial charge in [-0.05, 0) is 29.8 Å². The maximum Gasteiger partial charge on any atom is 0.243 e. The molecule has 2 aromatic carbocycles. The van der Waals surface area contributed by atoms with E-state index in [1.54, 1.807) is 12.4 Å². The molecule has 0 bridgehead atoms. The lowest BCUT2D eigenvalue weighted by Crippen LogP contribution is -1.94. The second kappa shape index (κ2) is 5.20. The molecule has 0 atom stereocenters. The average Bonchev–Trinajstić information content (AvgIpc) is 2.92. The second-order valence-electron chi connectivity index (χ2n) is 4.74. The molecule has 1 heterocycles. The van der Waals surface area contributed by atoms with Gasteiger partial charge in [-0.15, -0.1) is 0 Å². The number of nitro groups is 1. The van der Waals surface area contributed by atoms with Crippen molar-refractivity contribution in [2.24, 2.45) is 0 Å². The van der Waals surface area contributed by atoms with Gasteiger partial charge in [-0.2, -0.15) is 0 Å². The number of allylic oxidation sites excluding steroid dienone is 1. The van der Waals surface area contributed by atoms with Crippen LogP contribution in [0.2, 0.25) is 0 Å². The molecule has 0 unspecified atom stereocenters. The number of rotatable bonds is 3. The number of para-hydroxylation sites is 2. The lowest BCUT2D eigenvalue weighted by atomic mass is 10.2. The highest BCUT2D eigenvalue weighted by Crippen LogP contribution is 2.19. The molecule has 5 heteroatoms. The molecule has 0 saturated carbocycles. The number of imidazole rings is 1. The van der Waals surface area contributed by atoms with E-state index in [0.29, 0.717) is 0 Å². The predicted molar refractivity (Wildman–Crippen MR) is 81.7 cm³/mol. The van der Waals surface area contributed by atoms with Crippen molar-refractivity contribution in [1.29, 1.82) is 0 Å². The van der Waals surface area contributed by atoms with Crippen molar-refractivity contribution in [3.05, 3.63) is 76.2 Å². The Bertz CT molecular complexity index is 832. The zero-order chi connectivity index (χ0) is 14.8. The minimum Gasteiger partial charge on any atom is -0.299 e. The van der Waals surface area contributed by atoms with E-state index >= 15 is 0 Å². The number of nitrogens with zero attached hydrogens (tertiary/aromatic N) is 3. The van der Waals surface area contributed by atoms with E-state index < -0.39 is 4.92 Å². The number of benzene rings is 2. The Kier molecular flexibility index (Phi) is 3.23. The fourth-order valence-corrected chi connectivity index (χ4v) is 2.19. The summed E-state index contributed by atoms with van der Waals surface area (Å²) in [7, 11) is 0. The zero-order valence-electron chi connectivity index (χ0n) is 11.4. The van der Waals surface area contributed by atoms with Gasteiger partial charge in [-0.25, -0.2) is 4.98 Å². The molecule has 0 aliphatic heterocycles. The lowest BCUT2D eigenvalue weighted by Gasteiger charge is -2.04. The highest BCUT2D eigenvalue weighted by Gasteiger charge is 2.05. The molecule has 0 saturated heterocycles. The van der Waals surface area contributed by atoms with Gasteiger partial charge in [0.05, 0.1) is 16.0 Å². The van der Waals surface area contributed by atoms with Gasteiger partial charge in [-0.1, -0.05) is 24.3 Å². The van der Waals surface area contributed by atoms with Gasteiger partial charge < -0.3 is 0 Å². The van der Waals surface area contributed by atoms with Gasteiger partial charge >= 0.3 is 0 Å². The minimum absolute atomic E-state index is 0.121. The van der Waals surface area contributed by atoms with Crippen molar-refractivity contribution in [1.82, 2.24) is 9.55 Å². The topological polar surface area (TPSA) is 61.0 Å². The molecule has 1 aromatic heterocycles. The summed E-state index contributed by atoms with van der Waals surface area (Å²) in [5, 5.41) is 10.6. The smallest absolute Gasteiger partial charge is 0.243 e. The van der Waals surface area contributed by atoms with Crippen LogP contribution in [0.5, 0.6) is 0 Å². The number of hydrogen-bond donors (Lipinski definition) is 0. The fraction of sp³-hybridized carbons (Fsp3) is 0.0625. The van der Waals surface area contributed by atoms with Crippen LogP contribution in [-0.2, 0) is 0 Å². The summed E-state index contributed by atoms with van der Waals surface area (Å²) in [6.45, 7) is 1.48. The summed E-state index contributed by atoms with van der Waals surface area (Å²) < 4.78 is 1.99. The highest BCUT2D eigenvalue weighted by molar-refractivity contribution is 5.77. The predicted octanol–water partition coefficient (Wildman–Crippen LogP) is 3.66. The fourth-order valence-electron chi connectivity index (χ4n) is 2.19. The third-order valence-electron chi connectivity index (χ3n) is 3.29. The molecule has 0 aliphatic carbocycles. The molecule has 0 aliphatic rings. The third-order valence-corrected chi connectivity index (χ3v) is 3.29. The monoisotopic (exact) mass is 279 g/mol. The first-order valence-electron chi connectivity index (χ1n) is 6.50. The zero-order valence-corrected chi connectivity index (χ0v) is 11.4. The summed E-state index contributed by atoms with van der Waals surface area (Å²) in [4.78, 5) is 14.6. The first kappa shape index (κ1) is 13.1. The van der Waals surface area contributed by atoms with E-state index in [-0.39, 0.29) is 5.70 Å². The van der Waals surface area contributed by atoms with E-state index in [1.165, 1.54) is 6.92 Å². The maximum atomic E-state index is 10.6. The van der Waals surface area contributed by atoms with Crippen LogP contribution in [0.25, 0.3) is 22.8 Å². The van der Waals surface area contributed by atoms with Crippen molar-refractivity contribution >= 4 is 17.1 Å². The summed E-state index contributed by atoms with van der Waals surface area (Å²) in [6.07, 6.45) is 3.33. The van der Waals surface area contributed by atoms with Crippen molar-refractivity contribution in [2.75, 3.05) is 0 Å². The maximum absolute atomic E-state index is 10.6. The Labute approximate surface area is 121 Å². The highest BCUT2D eigenvalue weighted by atomic mass is 16.6. The van der Waals surface area contributed by atoms with E-state index in [0.717, 1.165) is 22.3 Å². The van der Waals surface area contributed by atoms with Crippen LogP contribution in [0.4, 0.5) is 0 Å². The molecule has 0 amide bonds. The third kappa shape index (κ3) is 2.53. The van der Waals surface area contributed by atoms with Crippen LogP contribution < -0.4 is 0 Å². The molecule has 0 spiro atoms. The van der Waals surface area contributed by atoms with E-state index in [4.69, 9.17) is 0 Å². The SMILES string of the molecule is C/C(=C\c1ccc(-n2cnc3ccccc32)cc1)[N+](=O)[O-]. The number of fused-ring (bicyclic) bond motifs is 1. The quantitative estimate of drug-likeness (QED) is 0.543. The van der Waals surface area contributed by atoms with Crippen LogP contribution in [-0.4, -0.2) is 14.5 Å². The van der Waals surface area contributed by atoms with Gasteiger partial charge in [0.1, 0.15) is 6.33 Å². The van der Waals surface area contributed by atoms with Crippen LogP contribution in [0.3, 0.4) is 0 Å². The van der Waals surface area contributed by atoms with Crippen molar-refractivity contribution in [3.63, 3.8) is 0 Å². The first-order chi connectivity index (χ1) is 10.1. The average molecular weight is 279 g/mol. The Hall–Kier alpha value is -2.95. The molecule has 21 heavy (non-hydrogen) atoms. The summed E-state index contributed by atoms with van der Waals surface area (Å²) in [5.74, 6) is 0. The molecule has 0 radical (unpaired) electrons. The van der Waals surface area contributed by atoms with Crippen molar-refractivity contribution in [2.45, 2.75) is 6.92 Å². The minimum atomic E-state index is -0.392. The first-order valence-corrected chi connectivity index (χ1v) is 6.50. The van der Waals surface area contributed by atoms with E-state index in [1.807, 2.05) is 53.1 Å². The summed E-state index contributed by atoms with van der Waals surface area (Å²) >= 11 is 0. The number of hydrogen-bond acceptors (Lipinski definition) is 3. The van der Waals surface area contributed by atoms with E-state index in [2.05, 4.69) is 4.98 Å². The molecular formula is C16H13N3O2. The molecule has 5 nitrogen and oxygen atoms in total. The lowest BCUT2D eigenvalue weighted by molar-refractivity contribution is -0.422. The van der Waals surface area contributed by atoms with Gasteiger partial charge in [0, 0.05) is 18.7 Å². The van der Waals surface area contributed by atoms with Crippen LogP contribution in [0.1, 0.15) is 12.5 Å². The van der Waals surface area contributed by atoms with Crippen LogP contribution >= 0.6 is 0 Å². The van der Waals surface area contributed by atoms with Crippen LogP contribution in [0.15, 0.2) is 60.6 Å². The van der Waals surface area contributed by atoms with Gasteiger partial charge in [0.15, 0.2) is 0 Å². The molecule has 3 aromatic rings. The molecule has 3 rings (SSSR count). The summed E-state index contributed by atoms with van der Waals surface area (Å²) in [5.41, 5.74) is 3.86. The van der Waals surface area contributed by atoms with Gasteiger partial charge in [0.2, 0.25) is 5.70 Å².